The molecule has 1 aliphatic rings. The second-order valence-corrected chi connectivity index (χ2v) is 8.56. The number of piperidine rings is 1. The molecule has 0 saturated carbocycles. The van der Waals surface area contributed by atoms with Crippen LogP contribution in [-0.4, -0.2) is 46.3 Å². The summed E-state index contributed by atoms with van der Waals surface area (Å²) in [5, 5.41) is 5.18. The predicted octanol–water partition coefficient (Wildman–Crippen LogP) is 5.40. The fraction of sp³-hybridized carbons (Fsp3) is 0.292. The first-order valence-electron chi connectivity index (χ1n) is 10.6. The third kappa shape index (κ3) is 4.89. The maximum absolute atomic E-state index is 14.5. The number of hydrogen-bond donors (Lipinski definition) is 0. The highest BCUT2D eigenvalue weighted by atomic mass is 35.5. The monoisotopic (exact) mass is 489 g/mol. The van der Waals surface area contributed by atoms with Crippen molar-refractivity contribution in [3.05, 3.63) is 70.1 Å². The van der Waals surface area contributed by atoms with E-state index in [1.54, 1.807) is 54.3 Å². The molecule has 1 saturated heterocycles. The molecule has 1 unspecified atom stereocenters. The van der Waals surface area contributed by atoms with Gasteiger partial charge in [-0.25, -0.2) is 9.07 Å². The Morgan fingerprint density at radius 1 is 1.15 bits per heavy atom. The van der Waals surface area contributed by atoms with Gasteiger partial charge >= 0.3 is 5.97 Å². The molecule has 1 aliphatic heterocycles. The molecule has 1 fully saturated rings. The number of benzene rings is 2. The van der Waals surface area contributed by atoms with Gasteiger partial charge in [0.1, 0.15) is 11.5 Å². The summed E-state index contributed by atoms with van der Waals surface area (Å²) in [6, 6.07) is 12.7. The summed E-state index contributed by atoms with van der Waals surface area (Å²) in [6.07, 6.45) is 1.34. The third-order valence-corrected chi connectivity index (χ3v) is 6.29. The highest BCUT2D eigenvalue weighted by molar-refractivity contribution is 6.42. The van der Waals surface area contributed by atoms with E-state index in [1.807, 2.05) is 0 Å². The SMILES string of the molecule is CCOC(=O)C1CCCN(C(=O)c2cc(-c3ccccc3F)nn2-c2ccc(Cl)c(Cl)c2)C1. The maximum atomic E-state index is 14.5. The van der Waals surface area contributed by atoms with Gasteiger partial charge in [0.05, 0.1) is 34.0 Å². The molecular formula is C24H22Cl2FN3O3. The lowest BCUT2D eigenvalue weighted by Gasteiger charge is -2.31. The molecule has 0 radical (unpaired) electrons. The van der Waals surface area contributed by atoms with E-state index < -0.39 is 5.82 Å². The second-order valence-electron chi connectivity index (χ2n) is 7.75. The smallest absolute Gasteiger partial charge is 0.310 e. The summed E-state index contributed by atoms with van der Waals surface area (Å²) in [5.41, 5.74) is 1.32. The van der Waals surface area contributed by atoms with Crippen LogP contribution in [0.2, 0.25) is 10.0 Å². The summed E-state index contributed by atoms with van der Waals surface area (Å²) in [6.45, 7) is 2.79. The summed E-state index contributed by atoms with van der Waals surface area (Å²) >= 11 is 12.3. The highest BCUT2D eigenvalue weighted by Gasteiger charge is 2.32. The van der Waals surface area contributed by atoms with E-state index in [9.17, 15) is 14.0 Å². The lowest BCUT2D eigenvalue weighted by atomic mass is 9.98. The van der Waals surface area contributed by atoms with Crippen LogP contribution in [0.25, 0.3) is 16.9 Å². The average molecular weight is 490 g/mol. The number of carbonyl (C=O) groups excluding carboxylic acids is 2. The Labute approximate surface area is 200 Å². The minimum Gasteiger partial charge on any atom is -0.466 e. The van der Waals surface area contributed by atoms with Gasteiger partial charge in [-0.15, -0.1) is 0 Å². The first kappa shape index (κ1) is 23.3. The van der Waals surface area contributed by atoms with E-state index in [4.69, 9.17) is 27.9 Å². The Morgan fingerprint density at radius 2 is 1.94 bits per heavy atom. The van der Waals surface area contributed by atoms with Crippen molar-refractivity contribution in [1.29, 1.82) is 0 Å². The van der Waals surface area contributed by atoms with Crippen LogP contribution in [0.5, 0.6) is 0 Å². The van der Waals surface area contributed by atoms with Crippen molar-refractivity contribution in [2.45, 2.75) is 19.8 Å². The molecule has 3 aromatic rings. The lowest BCUT2D eigenvalue weighted by molar-refractivity contribution is -0.149. The van der Waals surface area contributed by atoms with E-state index in [0.717, 1.165) is 0 Å². The van der Waals surface area contributed by atoms with Gasteiger partial charge in [-0.05, 0) is 56.2 Å². The van der Waals surface area contributed by atoms with E-state index >= 15 is 0 Å². The fourth-order valence-corrected chi connectivity index (χ4v) is 4.22. The second kappa shape index (κ2) is 9.93. The number of carbonyl (C=O) groups is 2. The number of nitrogens with zero attached hydrogens (tertiary/aromatic N) is 3. The molecule has 0 bridgehead atoms. The molecule has 2 heterocycles. The van der Waals surface area contributed by atoms with Crippen molar-refractivity contribution in [3.63, 3.8) is 0 Å². The molecule has 0 N–H and O–H groups in total. The van der Waals surface area contributed by atoms with Gasteiger partial charge < -0.3 is 9.64 Å². The number of likely N-dealkylation sites (tertiary alicyclic amines) is 1. The van der Waals surface area contributed by atoms with Crippen LogP contribution < -0.4 is 0 Å². The lowest BCUT2D eigenvalue weighted by Crippen LogP contribution is -2.43. The largest absolute Gasteiger partial charge is 0.466 e. The zero-order chi connectivity index (χ0) is 23.5. The zero-order valence-corrected chi connectivity index (χ0v) is 19.4. The Kier molecular flexibility index (Phi) is 7.00. The molecule has 172 valence electrons. The number of aromatic nitrogens is 2. The summed E-state index contributed by atoms with van der Waals surface area (Å²) in [4.78, 5) is 27.4. The molecule has 0 aliphatic carbocycles. The molecule has 1 aromatic heterocycles. The summed E-state index contributed by atoms with van der Waals surface area (Å²) < 4.78 is 21.0. The van der Waals surface area contributed by atoms with Crippen molar-refractivity contribution >= 4 is 35.1 Å². The zero-order valence-electron chi connectivity index (χ0n) is 17.9. The topological polar surface area (TPSA) is 64.4 Å². The molecule has 9 heteroatoms. The van der Waals surface area contributed by atoms with Crippen molar-refractivity contribution in [3.8, 4) is 16.9 Å². The van der Waals surface area contributed by atoms with Gasteiger partial charge in [0.15, 0.2) is 0 Å². The molecule has 2 aromatic carbocycles. The molecule has 0 spiro atoms. The van der Waals surface area contributed by atoms with Gasteiger partial charge in [0, 0.05) is 18.7 Å². The molecule has 33 heavy (non-hydrogen) atoms. The molecule has 4 rings (SSSR count). The van der Waals surface area contributed by atoms with Crippen LogP contribution >= 0.6 is 23.2 Å². The fourth-order valence-electron chi connectivity index (χ4n) is 3.92. The number of amides is 1. The number of esters is 1. The normalized spacial score (nSPS) is 16.0. The van der Waals surface area contributed by atoms with Gasteiger partial charge in [-0.3, -0.25) is 9.59 Å². The minimum atomic E-state index is -0.448. The van der Waals surface area contributed by atoms with Crippen LogP contribution in [-0.2, 0) is 9.53 Å². The first-order valence-corrected chi connectivity index (χ1v) is 11.4. The van der Waals surface area contributed by atoms with Crippen molar-refractivity contribution < 1.29 is 18.7 Å². The number of rotatable bonds is 5. The highest BCUT2D eigenvalue weighted by Crippen LogP contribution is 2.29. The minimum absolute atomic E-state index is 0.233. The molecule has 6 nitrogen and oxygen atoms in total. The van der Waals surface area contributed by atoms with Gasteiger partial charge in [0.2, 0.25) is 0 Å². The third-order valence-electron chi connectivity index (χ3n) is 5.55. The standard InChI is InChI=1S/C24H22Cl2FN3O3/c1-2-33-24(32)15-6-5-11-29(14-15)23(31)22-13-21(17-7-3-4-8-20(17)27)28-30(22)16-9-10-18(25)19(26)12-16/h3-4,7-10,12-13,15H,2,5-6,11,14H2,1H3. The van der Waals surface area contributed by atoms with Gasteiger partial charge in [0.25, 0.3) is 5.91 Å². The Hall–Kier alpha value is -2.90. The Balaban J connectivity index is 1.74. The predicted molar refractivity (Wildman–Crippen MR) is 124 cm³/mol. The van der Waals surface area contributed by atoms with Crippen molar-refractivity contribution in [1.82, 2.24) is 14.7 Å². The summed E-state index contributed by atoms with van der Waals surface area (Å²) in [7, 11) is 0. The quantitative estimate of drug-likeness (QED) is 0.450. The molecular weight excluding hydrogens is 468 g/mol. The summed E-state index contributed by atoms with van der Waals surface area (Å²) in [5.74, 6) is -1.45. The van der Waals surface area contributed by atoms with Crippen LogP contribution in [0.1, 0.15) is 30.3 Å². The molecule has 1 amide bonds. The van der Waals surface area contributed by atoms with E-state index in [2.05, 4.69) is 5.10 Å². The van der Waals surface area contributed by atoms with Gasteiger partial charge in [-0.2, -0.15) is 5.10 Å². The van der Waals surface area contributed by atoms with Crippen LogP contribution in [0.4, 0.5) is 4.39 Å². The van der Waals surface area contributed by atoms with E-state index in [-0.39, 0.29) is 35.6 Å². The Morgan fingerprint density at radius 3 is 2.67 bits per heavy atom. The van der Waals surface area contributed by atoms with Crippen molar-refractivity contribution in [2.75, 3.05) is 19.7 Å². The number of hydrogen-bond acceptors (Lipinski definition) is 4. The Bertz CT molecular complexity index is 1200. The van der Waals surface area contributed by atoms with Gasteiger partial charge in [-0.1, -0.05) is 35.3 Å². The number of halogens is 3. The van der Waals surface area contributed by atoms with Crippen LogP contribution in [0.15, 0.2) is 48.5 Å². The maximum Gasteiger partial charge on any atom is 0.310 e. The first-order chi connectivity index (χ1) is 15.9. The van der Waals surface area contributed by atoms with Crippen molar-refractivity contribution in [2.24, 2.45) is 5.92 Å². The van der Waals surface area contributed by atoms with E-state index in [1.165, 1.54) is 10.7 Å². The average Bonchev–Trinajstić information content (AvgIpc) is 3.26. The van der Waals surface area contributed by atoms with E-state index in [0.29, 0.717) is 47.4 Å². The molecule has 1 atom stereocenters. The number of ether oxygens (including phenoxy) is 1. The van der Waals surface area contributed by atoms with Crippen LogP contribution in [0.3, 0.4) is 0 Å². The van der Waals surface area contributed by atoms with Crippen LogP contribution in [0, 0.1) is 11.7 Å².